The summed E-state index contributed by atoms with van der Waals surface area (Å²) in [6, 6.07) is 4.47. The van der Waals surface area contributed by atoms with E-state index in [9.17, 15) is 0 Å². The molecule has 66 valence electrons. The maximum absolute atomic E-state index is 3.19. The van der Waals surface area contributed by atoms with Gasteiger partial charge in [0.1, 0.15) is 0 Å². The standard InChI is InChI=1S/C11H17N/c1-8-5-9(2)11(7-12-4)10(3)6-8/h5-6,12H,7H2,1-4H3. The normalized spacial score (nSPS) is 10.3. The van der Waals surface area contributed by atoms with Crippen LogP contribution in [0.25, 0.3) is 0 Å². The molecular formula is C11H17N. The number of hydrogen-bond donors (Lipinski definition) is 1. The van der Waals surface area contributed by atoms with E-state index in [-0.39, 0.29) is 0 Å². The van der Waals surface area contributed by atoms with Crippen molar-refractivity contribution in [1.29, 1.82) is 0 Å². The molecule has 0 aromatic heterocycles. The third-order valence-electron chi connectivity index (χ3n) is 2.19. The molecule has 1 nitrogen and oxygen atoms in total. The molecule has 0 unspecified atom stereocenters. The Morgan fingerprint density at radius 2 is 1.58 bits per heavy atom. The van der Waals surface area contributed by atoms with Gasteiger partial charge >= 0.3 is 0 Å². The highest BCUT2D eigenvalue weighted by molar-refractivity contribution is 5.37. The lowest BCUT2D eigenvalue weighted by atomic mass is 10.00. The van der Waals surface area contributed by atoms with Gasteiger partial charge in [0.25, 0.3) is 0 Å². The molecule has 0 amide bonds. The van der Waals surface area contributed by atoms with Crippen molar-refractivity contribution < 1.29 is 0 Å². The minimum atomic E-state index is 0.970. The van der Waals surface area contributed by atoms with Crippen molar-refractivity contribution in [3.05, 3.63) is 34.4 Å². The van der Waals surface area contributed by atoms with E-state index in [1.807, 2.05) is 7.05 Å². The lowest BCUT2D eigenvalue weighted by molar-refractivity contribution is 0.805. The molecule has 0 aliphatic heterocycles. The first-order chi connectivity index (χ1) is 5.65. The Balaban J connectivity index is 3.10. The highest BCUT2D eigenvalue weighted by atomic mass is 14.8. The molecule has 0 atom stereocenters. The molecule has 0 saturated heterocycles. The molecule has 12 heavy (non-hydrogen) atoms. The Morgan fingerprint density at radius 3 is 2.00 bits per heavy atom. The van der Waals surface area contributed by atoms with Crippen molar-refractivity contribution >= 4 is 0 Å². The van der Waals surface area contributed by atoms with Gasteiger partial charge in [-0.15, -0.1) is 0 Å². The molecule has 1 aromatic carbocycles. The average molecular weight is 163 g/mol. The van der Waals surface area contributed by atoms with Crippen molar-refractivity contribution in [3.63, 3.8) is 0 Å². The Kier molecular flexibility index (Phi) is 2.88. The third kappa shape index (κ3) is 1.86. The summed E-state index contributed by atoms with van der Waals surface area (Å²) in [6.45, 7) is 7.46. The largest absolute Gasteiger partial charge is 0.316 e. The molecule has 1 N–H and O–H groups in total. The molecule has 0 heterocycles. The van der Waals surface area contributed by atoms with E-state index in [1.165, 1.54) is 22.3 Å². The number of aryl methyl sites for hydroxylation is 3. The summed E-state index contributed by atoms with van der Waals surface area (Å²) in [5, 5.41) is 3.19. The Labute approximate surface area is 74.8 Å². The number of hydrogen-bond acceptors (Lipinski definition) is 1. The van der Waals surface area contributed by atoms with E-state index in [2.05, 4.69) is 38.2 Å². The Hall–Kier alpha value is -0.820. The predicted molar refractivity (Wildman–Crippen MR) is 53.4 cm³/mol. The maximum atomic E-state index is 3.19. The molecule has 0 radical (unpaired) electrons. The van der Waals surface area contributed by atoms with Crippen molar-refractivity contribution in [2.24, 2.45) is 0 Å². The summed E-state index contributed by atoms with van der Waals surface area (Å²) < 4.78 is 0. The molecule has 0 aliphatic rings. The zero-order valence-electron chi connectivity index (χ0n) is 8.36. The van der Waals surface area contributed by atoms with Crippen LogP contribution in [0.3, 0.4) is 0 Å². The second-order valence-corrected chi connectivity index (χ2v) is 3.41. The van der Waals surface area contributed by atoms with E-state index in [4.69, 9.17) is 0 Å². The smallest absolute Gasteiger partial charge is 0.0207 e. The van der Waals surface area contributed by atoms with Crippen molar-refractivity contribution in [2.45, 2.75) is 27.3 Å². The van der Waals surface area contributed by atoms with Crippen LogP contribution in [-0.2, 0) is 6.54 Å². The molecule has 1 heteroatoms. The summed E-state index contributed by atoms with van der Waals surface area (Å²) in [5.74, 6) is 0. The highest BCUT2D eigenvalue weighted by Gasteiger charge is 2.01. The molecule has 1 rings (SSSR count). The van der Waals surface area contributed by atoms with E-state index in [0.29, 0.717) is 0 Å². The first kappa shape index (κ1) is 9.27. The van der Waals surface area contributed by atoms with E-state index >= 15 is 0 Å². The third-order valence-corrected chi connectivity index (χ3v) is 2.19. The van der Waals surface area contributed by atoms with E-state index in [0.717, 1.165) is 6.54 Å². The Bertz CT molecular complexity index is 253. The van der Waals surface area contributed by atoms with Gasteiger partial charge in [-0.05, 0) is 44.5 Å². The summed E-state index contributed by atoms with van der Waals surface area (Å²) in [6.07, 6.45) is 0. The lowest BCUT2D eigenvalue weighted by Crippen LogP contribution is -2.08. The van der Waals surface area contributed by atoms with Gasteiger partial charge in [-0.1, -0.05) is 17.7 Å². The van der Waals surface area contributed by atoms with Crippen molar-refractivity contribution in [1.82, 2.24) is 5.32 Å². The molecule has 0 fully saturated rings. The molecule has 0 bridgehead atoms. The summed E-state index contributed by atoms with van der Waals surface area (Å²) in [7, 11) is 1.98. The highest BCUT2D eigenvalue weighted by Crippen LogP contribution is 2.15. The second kappa shape index (κ2) is 3.72. The van der Waals surface area contributed by atoms with E-state index in [1.54, 1.807) is 0 Å². The minimum absolute atomic E-state index is 0.970. The van der Waals surface area contributed by atoms with E-state index < -0.39 is 0 Å². The first-order valence-electron chi connectivity index (χ1n) is 4.36. The van der Waals surface area contributed by atoms with Gasteiger partial charge in [0, 0.05) is 6.54 Å². The van der Waals surface area contributed by atoms with Crippen LogP contribution in [0.4, 0.5) is 0 Å². The van der Waals surface area contributed by atoms with Gasteiger partial charge in [-0.25, -0.2) is 0 Å². The van der Waals surface area contributed by atoms with Gasteiger partial charge in [0.2, 0.25) is 0 Å². The quantitative estimate of drug-likeness (QED) is 0.705. The van der Waals surface area contributed by atoms with Crippen LogP contribution in [0.5, 0.6) is 0 Å². The monoisotopic (exact) mass is 163 g/mol. The van der Waals surface area contributed by atoms with Gasteiger partial charge in [-0.3, -0.25) is 0 Å². The lowest BCUT2D eigenvalue weighted by Gasteiger charge is -2.10. The Morgan fingerprint density at radius 1 is 1.08 bits per heavy atom. The fourth-order valence-corrected chi connectivity index (χ4v) is 1.67. The maximum Gasteiger partial charge on any atom is 0.0207 e. The molecule has 1 aromatic rings. The van der Waals surface area contributed by atoms with Gasteiger partial charge < -0.3 is 5.32 Å². The van der Waals surface area contributed by atoms with Gasteiger partial charge in [-0.2, -0.15) is 0 Å². The number of nitrogens with one attached hydrogen (secondary N) is 1. The van der Waals surface area contributed by atoms with Crippen LogP contribution in [0, 0.1) is 20.8 Å². The topological polar surface area (TPSA) is 12.0 Å². The van der Waals surface area contributed by atoms with Crippen LogP contribution >= 0.6 is 0 Å². The van der Waals surface area contributed by atoms with Crippen molar-refractivity contribution in [2.75, 3.05) is 7.05 Å². The van der Waals surface area contributed by atoms with Crippen molar-refractivity contribution in [3.8, 4) is 0 Å². The predicted octanol–water partition coefficient (Wildman–Crippen LogP) is 2.33. The second-order valence-electron chi connectivity index (χ2n) is 3.41. The van der Waals surface area contributed by atoms with Crippen LogP contribution < -0.4 is 5.32 Å². The van der Waals surface area contributed by atoms with Crippen LogP contribution in [0.2, 0.25) is 0 Å². The number of benzene rings is 1. The van der Waals surface area contributed by atoms with Gasteiger partial charge in [0.05, 0.1) is 0 Å². The molecule has 0 aliphatic carbocycles. The molecule has 0 saturated carbocycles. The zero-order chi connectivity index (χ0) is 9.14. The summed E-state index contributed by atoms with van der Waals surface area (Å²) in [5.41, 5.74) is 5.57. The van der Waals surface area contributed by atoms with Crippen LogP contribution in [0.1, 0.15) is 22.3 Å². The SMILES string of the molecule is CNCc1c(C)cc(C)cc1C. The van der Waals surface area contributed by atoms with Crippen LogP contribution in [-0.4, -0.2) is 7.05 Å². The fraction of sp³-hybridized carbons (Fsp3) is 0.455. The van der Waals surface area contributed by atoms with Crippen LogP contribution in [0.15, 0.2) is 12.1 Å². The fourth-order valence-electron chi connectivity index (χ4n) is 1.67. The summed E-state index contributed by atoms with van der Waals surface area (Å²) >= 11 is 0. The van der Waals surface area contributed by atoms with Gasteiger partial charge in [0.15, 0.2) is 0 Å². The number of rotatable bonds is 2. The zero-order valence-corrected chi connectivity index (χ0v) is 8.36. The minimum Gasteiger partial charge on any atom is -0.316 e. The molecule has 0 spiro atoms. The summed E-state index contributed by atoms with van der Waals surface area (Å²) in [4.78, 5) is 0. The average Bonchev–Trinajstić information content (AvgIpc) is 1.96. The first-order valence-corrected chi connectivity index (χ1v) is 4.36. The molecular weight excluding hydrogens is 146 g/mol.